The summed E-state index contributed by atoms with van der Waals surface area (Å²) in [5.74, 6) is 0.213. The number of nitrogens with zero attached hydrogens (tertiary/aromatic N) is 2. The van der Waals surface area contributed by atoms with Gasteiger partial charge in [0.15, 0.2) is 0 Å². The zero-order valence-corrected chi connectivity index (χ0v) is 32.6. The van der Waals surface area contributed by atoms with E-state index in [9.17, 15) is 5.11 Å². The number of rotatable bonds is 5. The van der Waals surface area contributed by atoms with E-state index in [-0.39, 0.29) is 22.0 Å². The van der Waals surface area contributed by atoms with Gasteiger partial charge < -0.3 is 5.11 Å². The molecule has 0 aliphatic carbocycles. The molecule has 1 aromatic heterocycles. The van der Waals surface area contributed by atoms with E-state index in [1.54, 1.807) is 23.6 Å². The second kappa shape index (κ2) is 13.2. The molecule has 0 amide bonds. The minimum Gasteiger partial charge on any atom is -0.507 e. The maximum absolute atomic E-state index is 10.8. The lowest BCUT2D eigenvalue weighted by Gasteiger charge is -2.20. The Morgan fingerprint density at radius 2 is 1.25 bits per heavy atom. The Bertz CT molecular complexity index is 2460. The largest absolute Gasteiger partial charge is 0.507 e. The molecule has 4 heteroatoms. The van der Waals surface area contributed by atoms with Crippen molar-refractivity contribution in [1.29, 1.82) is 0 Å². The van der Waals surface area contributed by atoms with Crippen LogP contribution in [0.3, 0.4) is 0 Å². The van der Waals surface area contributed by atoms with Gasteiger partial charge in [0.25, 0.3) is 0 Å². The fourth-order valence-corrected chi connectivity index (χ4v) is 7.71. The molecule has 0 unspecified atom stereocenters. The van der Waals surface area contributed by atoms with Gasteiger partial charge in [-0.25, -0.2) is 4.98 Å². The molecule has 7 rings (SSSR count). The Hall–Kier alpha value is -5.06. The third-order valence-electron chi connectivity index (χ3n) is 9.98. The molecule has 3 nitrogen and oxygen atoms in total. The van der Waals surface area contributed by atoms with Crippen LogP contribution in [0.5, 0.6) is 5.75 Å². The van der Waals surface area contributed by atoms with Crippen molar-refractivity contribution >= 4 is 44.2 Å². The summed E-state index contributed by atoms with van der Waals surface area (Å²) in [6.07, 6.45) is 1.80. The van der Waals surface area contributed by atoms with Gasteiger partial charge in [0.05, 0.1) is 15.9 Å². The van der Waals surface area contributed by atoms with Crippen LogP contribution in [0.1, 0.15) is 84.6 Å². The predicted octanol–water partition coefficient (Wildman–Crippen LogP) is 13.8. The standard InChI is InChI=1S/C48H48N2OS/c1-46(2,3)35-20-17-30(18-21-35)32-14-12-15-33(25-32)40-27-37(48(7,8)9)28-42-44(40)50-45(52-42)39-23-19-31-13-10-11-16-38(31)43(39)49-29-34-26-36(47(4,5)6)22-24-41(34)51/h10-29,51H,1-9H3. The van der Waals surface area contributed by atoms with E-state index < -0.39 is 0 Å². The fourth-order valence-electron chi connectivity index (χ4n) is 6.65. The average Bonchev–Trinajstić information content (AvgIpc) is 3.54. The van der Waals surface area contributed by atoms with Crippen LogP contribution in [0.2, 0.25) is 0 Å². The Morgan fingerprint density at radius 1 is 0.577 bits per heavy atom. The van der Waals surface area contributed by atoms with Gasteiger partial charge in [-0.05, 0) is 91.4 Å². The van der Waals surface area contributed by atoms with E-state index >= 15 is 0 Å². The summed E-state index contributed by atoms with van der Waals surface area (Å²) in [5.41, 5.74) is 11.9. The second-order valence-corrected chi connectivity index (χ2v) is 18.0. The molecule has 0 spiro atoms. The number of benzene rings is 6. The van der Waals surface area contributed by atoms with Crippen LogP contribution in [0, 0.1) is 0 Å². The third-order valence-corrected chi connectivity index (χ3v) is 11.0. The van der Waals surface area contributed by atoms with Crippen LogP contribution < -0.4 is 0 Å². The first-order chi connectivity index (χ1) is 24.6. The summed E-state index contributed by atoms with van der Waals surface area (Å²) in [7, 11) is 0. The molecule has 0 aliphatic heterocycles. The molecule has 262 valence electrons. The summed E-state index contributed by atoms with van der Waals surface area (Å²) >= 11 is 1.71. The minimum atomic E-state index is -0.0537. The summed E-state index contributed by atoms with van der Waals surface area (Å²) < 4.78 is 1.15. The number of phenols is 1. The number of fused-ring (bicyclic) bond motifs is 2. The molecule has 1 N–H and O–H groups in total. The molecular weight excluding hydrogens is 653 g/mol. The average molecular weight is 701 g/mol. The highest BCUT2D eigenvalue weighted by Crippen LogP contribution is 2.44. The Morgan fingerprint density at radius 3 is 1.96 bits per heavy atom. The highest BCUT2D eigenvalue weighted by Gasteiger charge is 2.22. The maximum Gasteiger partial charge on any atom is 0.126 e. The van der Waals surface area contributed by atoms with Gasteiger partial charge >= 0.3 is 0 Å². The predicted molar refractivity (Wildman–Crippen MR) is 225 cm³/mol. The van der Waals surface area contributed by atoms with Crippen molar-refractivity contribution < 1.29 is 5.11 Å². The van der Waals surface area contributed by atoms with E-state index in [0.29, 0.717) is 5.56 Å². The van der Waals surface area contributed by atoms with Crippen molar-refractivity contribution in [2.24, 2.45) is 4.99 Å². The lowest BCUT2D eigenvalue weighted by atomic mass is 9.84. The van der Waals surface area contributed by atoms with E-state index in [4.69, 9.17) is 9.98 Å². The molecule has 0 bridgehead atoms. The highest BCUT2D eigenvalue weighted by atomic mass is 32.1. The first kappa shape index (κ1) is 35.3. The molecule has 7 aromatic rings. The number of aromatic hydroxyl groups is 1. The quantitative estimate of drug-likeness (QED) is 0.182. The Kier molecular flexibility index (Phi) is 8.95. The lowest BCUT2D eigenvalue weighted by molar-refractivity contribution is 0.473. The molecule has 52 heavy (non-hydrogen) atoms. The molecule has 0 aliphatic rings. The summed E-state index contributed by atoms with van der Waals surface area (Å²) in [6, 6.07) is 40.9. The molecule has 0 fully saturated rings. The van der Waals surface area contributed by atoms with E-state index in [2.05, 4.69) is 159 Å². The monoisotopic (exact) mass is 700 g/mol. The first-order valence-corrected chi connectivity index (χ1v) is 18.9. The van der Waals surface area contributed by atoms with Crippen molar-refractivity contribution in [3.63, 3.8) is 0 Å². The summed E-state index contributed by atoms with van der Waals surface area (Å²) in [5, 5.41) is 13.9. The van der Waals surface area contributed by atoms with Crippen molar-refractivity contribution in [2.45, 2.75) is 78.6 Å². The zero-order chi connectivity index (χ0) is 37.0. The van der Waals surface area contributed by atoms with E-state index in [1.165, 1.54) is 22.3 Å². The van der Waals surface area contributed by atoms with Crippen molar-refractivity contribution in [3.05, 3.63) is 138 Å². The van der Waals surface area contributed by atoms with Gasteiger partial charge in [-0.2, -0.15) is 0 Å². The third kappa shape index (κ3) is 7.05. The Balaban J connectivity index is 1.39. The first-order valence-electron chi connectivity index (χ1n) is 18.1. The van der Waals surface area contributed by atoms with Crippen molar-refractivity contribution in [3.8, 4) is 38.6 Å². The normalized spacial score (nSPS) is 12.7. The SMILES string of the molecule is CC(C)(C)c1ccc(-c2cccc(-c3cc(C(C)(C)C)cc4sc(-c5ccc6ccccc6c5N=Cc5cc(C(C)(C)C)ccc5O)nc34)c2)cc1. The molecule has 0 saturated heterocycles. The maximum atomic E-state index is 10.8. The van der Waals surface area contributed by atoms with Gasteiger partial charge in [-0.15, -0.1) is 11.3 Å². The van der Waals surface area contributed by atoms with Gasteiger partial charge in [-0.3, -0.25) is 4.99 Å². The number of aromatic nitrogens is 1. The second-order valence-electron chi connectivity index (χ2n) is 17.0. The van der Waals surface area contributed by atoms with Gasteiger partial charge in [0.1, 0.15) is 10.8 Å². The lowest BCUT2D eigenvalue weighted by Crippen LogP contribution is -2.11. The van der Waals surface area contributed by atoms with Crippen molar-refractivity contribution in [1.82, 2.24) is 4.98 Å². The molecule has 1 heterocycles. The van der Waals surface area contributed by atoms with Gasteiger partial charge in [0.2, 0.25) is 0 Å². The number of phenolic OH excluding ortho intramolecular Hbond substituents is 1. The topological polar surface area (TPSA) is 45.5 Å². The number of aliphatic imine (C=N–C) groups is 1. The smallest absolute Gasteiger partial charge is 0.126 e. The van der Waals surface area contributed by atoms with E-state index in [1.807, 2.05) is 12.1 Å². The van der Waals surface area contributed by atoms with Crippen LogP contribution in [-0.4, -0.2) is 16.3 Å². The van der Waals surface area contributed by atoms with Crippen LogP contribution in [0.4, 0.5) is 5.69 Å². The number of hydrogen-bond acceptors (Lipinski definition) is 4. The van der Waals surface area contributed by atoms with Crippen molar-refractivity contribution in [2.75, 3.05) is 0 Å². The van der Waals surface area contributed by atoms with Gasteiger partial charge in [0, 0.05) is 28.3 Å². The Labute approximate surface area is 312 Å². The van der Waals surface area contributed by atoms with E-state index in [0.717, 1.165) is 53.9 Å². The molecule has 0 saturated carbocycles. The summed E-state index contributed by atoms with van der Waals surface area (Å²) in [4.78, 5) is 10.5. The molecule has 6 aromatic carbocycles. The molecule has 0 atom stereocenters. The molecular formula is C48H48N2OS. The highest BCUT2D eigenvalue weighted by molar-refractivity contribution is 7.21. The van der Waals surface area contributed by atoms with Crippen LogP contribution in [-0.2, 0) is 16.2 Å². The zero-order valence-electron chi connectivity index (χ0n) is 31.8. The van der Waals surface area contributed by atoms with Crippen LogP contribution in [0.15, 0.2) is 120 Å². The minimum absolute atomic E-state index is 0.0461. The fraction of sp³-hybridized carbons (Fsp3) is 0.250. The number of thiazole rings is 1. The number of hydrogen-bond donors (Lipinski definition) is 1. The van der Waals surface area contributed by atoms with Crippen LogP contribution >= 0.6 is 11.3 Å². The summed E-state index contributed by atoms with van der Waals surface area (Å²) in [6.45, 7) is 20.1. The molecule has 0 radical (unpaired) electrons. The van der Waals surface area contributed by atoms with Gasteiger partial charge in [-0.1, -0.05) is 141 Å². The van der Waals surface area contributed by atoms with Crippen LogP contribution in [0.25, 0.3) is 53.8 Å².